The standard InChI is InChI=1S/C19H22BN3O2/c1-18(2)19(3,4)25-20(24-18)16-8-6-7-13-9-17(21-11-15(13)16)14-10-22-23(5)12-14/h6-12H,1-5H3. The van der Waals surface area contributed by atoms with Crippen molar-refractivity contribution in [3.05, 3.63) is 42.9 Å². The quantitative estimate of drug-likeness (QED) is 0.676. The molecule has 1 saturated heterocycles. The summed E-state index contributed by atoms with van der Waals surface area (Å²) in [6, 6.07) is 8.26. The maximum atomic E-state index is 6.21. The van der Waals surface area contributed by atoms with E-state index in [4.69, 9.17) is 9.31 Å². The van der Waals surface area contributed by atoms with Gasteiger partial charge in [0.1, 0.15) is 0 Å². The molecule has 128 valence electrons. The van der Waals surface area contributed by atoms with Crippen molar-refractivity contribution in [1.82, 2.24) is 14.8 Å². The minimum Gasteiger partial charge on any atom is -0.399 e. The molecule has 0 saturated carbocycles. The average molecular weight is 335 g/mol. The Labute approximate surface area is 148 Å². The van der Waals surface area contributed by atoms with E-state index in [1.807, 2.05) is 31.7 Å². The van der Waals surface area contributed by atoms with E-state index in [-0.39, 0.29) is 18.3 Å². The van der Waals surface area contributed by atoms with Crippen LogP contribution in [0.3, 0.4) is 0 Å². The van der Waals surface area contributed by atoms with Crippen LogP contribution in [0.1, 0.15) is 27.7 Å². The first-order valence-corrected chi connectivity index (χ1v) is 8.50. The second kappa shape index (κ2) is 5.41. The van der Waals surface area contributed by atoms with Gasteiger partial charge in [-0.3, -0.25) is 9.67 Å². The van der Waals surface area contributed by atoms with Gasteiger partial charge in [-0.1, -0.05) is 18.2 Å². The van der Waals surface area contributed by atoms with Gasteiger partial charge in [-0.2, -0.15) is 5.10 Å². The SMILES string of the molecule is Cn1cc(-c2cc3cccc(B4OC(C)(C)C(C)(C)O4)c3cn2)cn1. The Morgan fingerprint density at radius 3 is 2.40 bits per heavy atom. The lowest BCUT2D eigenvalue weighted by atomic mass is 9.76. The Morgan fingerprint density at radius 1 is 1.04 bits per heavy atom. The Kier molecular flexibility index (Phi) is 3.53. The van der Waals surface area contributed by atoms with E-state index >= 15 is 0 Å². The number of rotatable bonds is 2. The molecule has 1 aromatic carbocycles. The molecule has 5 nitrogen and oxygen atoms in total. The number of hydrogen-bond donors (Lipinski definition) is 0. The third kappa shape index (κ3) is 2.66. The van der Waals surface area contributed by atoms with E-state index in [9.17, 15) is 0 Å². The Morgan fingerprint density at radius 2 is 1.76 bits per heavy atom. The summed E-state index contributed by atoms with van der Waals surface area (Å²) in [6.45, 7) is 8.27. The van der Waals surface area contributed by atoms with Crippen molar-refractivity contribution in [1.29, 1.82) is 0 Å². The van der Waals surface area contributed by atoms with Crippen molar-refractivity contribution in [3.8, 4) is 11.3 Å². The highest BCUT2D eigenvalue weighted by molar-refractivity contribution is 6.65. The van der Waals surface area contributed by atoms with Crippen molar-refractivity contribution >= 4 is 23.4 Å². The maximum absolute atomic E-state index is 6.21. The van der Waals surface area contributed by atoms with Gasteiger partial charge in [0.2, 0.25) is 0 Å². The Balaban J connectivity index is 1.77. The van der Waals surface area contributed by atoms with Crippen LogP contribution in [0.4, 0.5) is 0 Å². The van der Waals surface area contributed by atoms with E-state index in [0.717, 1.165) is 27.5 Å². The van der Waals surface area contributed by atoms with Crippen molar-refractivity contribution < 1.29 is 9.31 Å². The molecule has 0 atom stereocenters. The molecule has 1 aliphatic rings. The number of benzene rings is 1. The second-order valence-corrected chi connectivity index (χ2v) is 7.63. The minimum atomic E-state index is -0.389. The molecular weight excluding hydrogens is 313 g/mol. The zero-order valence-corrected chi connectivity index (χ0v) is 15.3. The summed E-state index contributed by atoms with van der Waals surface area (Å²) in [5.74, 6) is 0. The third-order valence-corrected chi connectivity index (χ3v) is 5.31. The summed E-state index contributed by atoms with van der Waals surface area (Å²) >= 11 is 0. The number of aryl methyl sites for hydroxylation is 1. The average Bonchev–Trinajstić information content (AvgIpc) is 3.07. The maximum Gasteiger partial charge on any atom is 0.495 e. The van der Waals surface area contributed by atoms with Crippen LogP contribution in [0.25, 0.3) is 22.0 Å². The molecule has 25 heavy (non-hydrogen) atoms. The van der Waals surface area contributed by atoms with E-state index in [2.05, 4.69) is 56.0 Å². The van der Waals surface area contributed by atoms with Crippen LogP contribution in [0.15, 0.2) is 42.9 Å². The third-order valence-electron chi connectivity index (χ3n) is 5.31. The van der Waals surface area contributed by atoms with Gasteiger partial charge in [0.15, 0.2) is 0 Å². The van der Waals surface area contributed by atoms with Gasteiger partial charge in [-0.05, 0) is 50.0 Å². The lowest BCUT2D eigenvalue weighted by Crippen LogP contribution is -2.41. The first kappa shape index (κ1) is 16.3. The van der Waals surface area contributed by atoms with E-state index in [1.54, 1.807) is 4.68 Å². The fourth-order valence-electron chi connectivity index (χ4n) is 3.08. The van der Waals surface area contributed by atoms with Crippen LogP contribution in [-0.4, -0.2) is 33.1 Å². The highest BCUT2D eigenvalue weighted by atomic mass is 16.7. The summed E-state index contributed by atoms with van der Waals surface area (Å²) in [5.41, 5.74) is 2.21. The number of nitrogens with zero attached hydrogens (tertiary/aromatic N) is 3. The molecule has 1 aliphatic heterocycles. The first-order chi connectivity index (χ1) is 11.8. The fraction of sp³-hybridized carbons (Fsp3) is 0.368. The molecule has 0 unspecified atom stereocenters. The predicted octanol–water partition coefficient (Wildman–Crippen LogP) is 2.93. The number of aromatic nitrogens is 3. The highest BCUT2D eigenvalue weighted by Gasteiger charge is 2.52. The summed E-state index contributed by atoms with van der Waals surface area (Å²) in [6.07, 6.45) is 5.69. The van der Waals surface area contributed by atoms with Gasteiger partial charge < -0.3 is 9.31 Å². The highest BCUT2D eigenvalue weighted by Crippen LogP contribution is 2.37. The molecule has 0 aliphatic carbocycles. The second-order valence-electron chi connectivity index (χ2n) is 7.63. The molecule has 0 radical (unpaired) electrons. The molecule has 3 aromatic rings. The van der Waals surface area contributed by atoms with Gasteiger partial charge in [0.25, 0.3) is 0 Å². The van der Waals surface area contributed by atoms with Crippen LogP contribution in [0, 0.1) is 0 Å². The molecule has 2 aromatic heterocycles. The molecule has 4 rings (SSSR count). The van der Waals surface area contributed by atoms with Crippen molar-refractivity contribution in [2.45, 2.75) is 38.9 Å². The number of fused-ring (bicyclic) bond motifs is 1. The normalized spacial score (nSPS) is 18.8. The largest absolute Gasteiger partial charge is 0.495 e. The van der Waals surface area contributed by atoms with E-state index in [0.29, 0.717) is 0 Å². The van der Waals surface area contributed by atoms with Crippen molar-refractivity contribution in [2.75, 3.05) is 0 Å². The molecule has 6 heteroatoms. The zero-order chi connectivity index (χ0) is 17.8. The van der Waals surface area contributed by atoms with Gasteiger partial charge in [0.05, 0.1) is 23.1 Å². The van der Waals surface area contributed by atoms with Gasteiger partial charge in [-0.25, -0.2) is 0 Å². The van der Waals surface area contributed by atoms with Crippen LogP contribution in [-0.2, 0) is 16.4 Å². The molecule has 0 spiro atoms. The lowest BCUT2D eigenvalue weighted by molar-refractivity contribution is 0.00578. The van der Waals surface area contributed by atoms with Crippen molar-refractivity contribution in [2.24, 2.45) is 7.05 Å². The zero-order valence-electron chi connectivity index (χ0n) is 15.3. The smallest absolute Gasteiger partial charge is 0.399 e. The predicted molar refractivity (Wildman–Crippen MR) is 99.7 cm³/mol. The van der Waals surface area contributed by atoms with E-state index < -0.39 is 0 Å². The molecule has 1 fully saturated rings. The molecular formula is C19H22BN3O2. The monoisotopic (exact) mass is 335 g/mol. The van der Waals surface area contributed by atoms with Gasteiger partial charge >= 0.3 is 7.12 Å². The van der Waals surface area contributed by atoms with Gasteiger partial charge in [-0.15, -0.1) is 0 Å². The lowest BCUT2D eigenvalue weighted by Gasteiger charge is -2.32. The van der Waals surface area contributed by atoms with E-state index in [1.165, 1.54) is 0 Å². The number of hydrogen-bond acceptors (Lipinski definition) is 4. The molecule has 0 amide bonds. The Bertz CT molecular complexity index is 933. The summed E-state index contributed by atoms with van der Waals surface area (Å²) in [5, 5.41) is 6.38. The van der Waals surface area contributed by atoms with Gasteiger partial charge in [0, 0.05) is 25.0 Å². The Hall–Kier alpha value is -2.18. The molecule has 0 N–H and O–H groups in total. The summed E-state index contributed by atoms with van der Waals surface area (Å²) in [4.78, 5) is 4.63. The first-order valence-electron chi connectivity index (χ1n) is 8.50. The molecule has 0 bridgehead atoms. The van der Waals surface area contributed by atoms with Crippen LogP contribution >= 0.6 is 0 Å². The fourth-order valence-corrected chi connectivity index (χ4v) is 3.08. The topological polar surface area (TPSA) is 49.2 Å². The van der Waals surface area contributed by atoms with Crippen LogP contribution in [0.2, 0.25) is 0 Å². The molecule has 3 heterocycles. The summed E-state index contributed by atoms with van der Waals surface area (Å²) in [7, 11) is 1.51. The number of pyridine rings is 1. The summed E-state index contributed by atoms with van der Waals surface area (Å²) < 4.78 is 14.2. The van der Waals surface area contributed by atoms with Crippen molar-refractivity contribution in [3.63, 3.8) is 0 Å². The van der Waals surface area contributed by atoms with Crippen LogP contribution < -0.4 is 5.46 Å². The minimum absolute atomic E-state index is 0.358. The van der Waals surface area contributed by atoms with Crippen LogP contribution in [0.5, 0.6) is 0 Å².